The zero-order valence-electron chi connectivity index (χ0n) is 14.4. The number of carbonyl (C=O) groups is 1. The number of amides is 1. The Morgan fingerprint density at radius 2 is 2.04 bits per heavy atom. The van der Waals surface area contributed by atoms with E-state index in [0.717, 1.165) is 12.1 Å². The van der Waals surface area contributed by atoms with E-state index < -0.39 is 22.6 Å². The molecule has 1 heterocycles. The van der Waals surface area contributed by atoms with Crippen molar-refractivity contribution in [2.45, 2.75) is 6.92 Å². The van der Waals surface area contributed by atoms with Gasteiger partial charge in [-0.3, -0.25) is 10.2 Å². The summed E-state index contributed by atoms with van der Waals surface area (Å²) in [7, 11) is 1.42. The molecule has 0 aliphatic rings. The van der Waals surface area contributed by atoms with Crippen molar-refractivity contribution in [1.29, 1.82) is 5.41 Å². The first-order valence-electron chi connectivity index (χ1n) is 7.50. The highest BCUT2D eigenvalue weighted by atomic mass is 35.5. The van der Waals surface area contributed by atoms with Crippen LogP contribution in [-0.4, -0.2) is 28.3 Å². The van der Waals surface area contributed by atoms with Crippen LogP contribution < -0.4 is 21.5 Å². The molecule has 8 nitrogen and oxygen atoms in total. The molecule has 142 valence electrons. The number of allylic oxidation sites excluding steroid dienone is 2. The van der Waals surface area contributed by atoms with Gasteiger partial charge in [-0.05, 0) is 19.1 Å². The molecular formula is C17H17ClFN5O3. The lowest BCUT2D eigenvalue weighted by atomic mass is 10.1. The zero-order valence-corrected chi connectivity index (χ0v) is 15.2. The largest absolute Gasteiger partial charge is 0.507 e. The minimum absolute atomic E-state index is 0.0782. The van der Waals surface area contributed by atoms with Gasteiger partial charge in [0.05, 0.1) is 24.1 Å². The van der Waals surface area contributed by atoms with Gasteiger partial charge in [-0.1, -0.05) is 11.6 Å². The molecule has 1 aromatic heterocycles. The number of nitrogens with one attached hydrogen (secondary N) is 2. The number of rotatable bonds is 5. The molecule has 0 saturated heterocycles. The summed E-state index contributed by atoms with van der Waals surface area (Å²) < 4.78 is 19.6. The maximum Gasteiger partial charge on any atom is 0.259 e. The monoisotopic (exact) mass is 393 g/mol. The Labute approximate surface area is 159 Å². The van der Waals surface area contributed by atoms with Gasteiger partial charge in [0, 0.05) is 23.4 Å². The number of halogens is 2. The highest BCUT2D eigenvalue weighted by molar-refractivity contribution is 6.68. The SMILES string of the molecule is COc1cc(N)nc(-c2cc(O)c(C(=O)NC(C(=N)Cl)=C(C)N)cc2F)c1. The maximum atomic E-state index is 14.6. The first-order valence-corrected chi connectivity index (χ1v) is 7.88. The topological polar surface area (TPSA) is 147 Å². The van der Waals surface area contributed by atoms with Gasteiger partial charge in [-0.15, -0.1) is 0 Å². The number of phenols is 1. The predicted molar refractivity (Wildman–Crippen MR) is 100 cm³/mol. The van der Waals surface area contributed by atoms with Crippen molar-refractivity contribution in [3.63, 3.8) is 0 Å². The van der Waals surface area contributed by atoms with Crippen LogP contribution >= 0.6 is 11.6 Å². The van der Waals surface area contributed by atoms with E-state index in [0.29, 0.717) is 5.75 Å². The molecule has 0 radical (unpaired) electrons. The van der Waals surface area contributed by atoms with Crippen molar-refractivity contribution in [2.24, 2.45) is 5.73 Å². The van der Waals surface area contributed by atoms with E-state index in [1.807, 2.05) is 0 Å². The Balaban J connectivity index is 2.46. The quantitative estimate of drug-likeness (QED) is 0.492. The number of hydrogen-bond donors (Lipinski definition) is 5. The molecule has 27 heavy (non-hydrogen) atoms. The van der Waals surface area contributed by atoms with Crippen molar-refractivity contribution in [2.75, 3.05) is 12.8 Å². The maximum absolute atomic E-state index is 14.6. The van der Waals surface area contributed by atoms with E-state index in [4.69, 9.17) is 33.2 Å². The molecule has 2 aromatic rings. The van der Waals surface area contributed by atoms with Crippen molar-refractivity contribution in [1.82, 2.24) is 10.3 Å². The summed E-state index contributed by atoms with van der Waals surface area (Å²) in [5.74, 6) is -1.77. The van der Waals surface area contributed by atoms with Crippen molar-refractivity contribution < 1.29 is 19.0 Å². The highest BCUT2D eigenvalue weighted by Gasteiger charge is 2.20. The number of nitrogens with two attached hydrogens (primary N) is 2. The van der Waals surface area contributed by atoms with E-state index in [9.17, 15) is 14.3 Å². The Morgan fingerprint density at radius 3 is 2.59 bits per heavy atom. The van der Waals surface area contributed by atoms with E-state index in [2.05, 4.69) is 10.3 Å². The first-order chi connectivity index (χ1) is 12.6. The summed E-state index contributed by atoms with van der Waals surface area (Å²) in [6, 6.07) is 4.75. The van der Waals surface area contributed by atoms with Gasteiger partial charge in [0.15, 0.2) is 0 Å². The second-order valence-electron chi connectivity index (χ2n) is 5.49. The third-order valence-electron chi connectivity index (χ3n) is 3.51. The number of methoxy groups -OCH3 is 1. The van der Waals surface area contributed by atoms with Crippen LogP contribution in [0, 0.1) is 11.2 Å². The third-order valence-corrected chi connectivity index (χ3v) is 3.70. The van der Waals surface area contributed by atoms with E-state index in [1.54, 1.807) is 0 Å². The lowest BCUT2D eigenvalue weighted by Gasteiger charge is -2.12. The molecule has 2 rings (SSSR count). The molecule has 0 fully saturated rings. The van der Waals surface area contributed by atoms with Gasteiger partial charge >= 0.3 is 0 Å². The van der Waals surface area contributed by atoms with E-state index >= 15 is 0 Å². The van der Waals surface area contributed by atoms with Gasteiger partial charge < -0.3 is 26.6 Å². The van der Waals surface area contributed by atoms with Gasteiger partial charge in [-0.2, -0.15) is 0 Å². The summed E-state index contributed by atoms with van der Waals surface area (Å²) in [4.78, 5) is 16.3. The van der Waals surface area contributed by atoms with Gasteiger partial charge in [0.25, 0.3) is 5.91 Å². The summed E-state index contributed by atoms with van der Waals surface area (Å²) >= 11 is 5.55. The van der Waals surface area contributed by atoms with Gasteiger partial charge in [0.1, 0.15) is 28.3 Å². The number of pyridine rings is 1. The molecule has 10 heteroatoms. The number of benzene rings is 1. The summed E-state index contributed by atoms with van der Waals surface area (Å²) in [6.45, 7) is 1.43. The lowest BCUT2D eigenvalue weighted by Crippen LogP contribution is -2.28. The Hall–Kier alpha value is -3.33. The molecule has 1 amide bonds. The molecule has 1 aromatic carbocycles. The molecule has 0 saturated carbocycles. The van der Waals surface area contributed by atoms with Crippen LogP contribution in [0.2, 0.25) is 0 Å². The number of nitrogens with zero attached hydrogens (tertiary/aromatic N) is 1. The van der Waals surface area contributed by atoms with Crippen LogP contribution in [0.4, 0.5) is 10.2 Å². The lowest BCUT2D eigenvalue weighted by molar-refractivity contribution is 0.0964. The number of hydrogen-bond acceptors (Lipinski definition) is 7. The van der Waals surface area contributed by atoms with E-state index in [1.165, 1.54) is 26.2 Å². The number of aromatic hydroxyl groups is 1. The number of carbonyl (C=O) groups excluding carboxylic acids is 1. The standard InChI is InChI=1S/C17H17ClFN5O3/c1-7(20)15(16(18)22)24-17(26)10-5-11(19)9(6-13(10)25)12-3-8(27-2)4-14(21)23-12/h3-6,22,25H,20H2,1-2H3,(H2,21,23)(H,24,26). The minimum atomic E-state index is -0.888. The van der Waals surface area contributed by atoms with Crippen molar-refractivity contribution in [3.8, 4) is 22.8 Å². The second kappa shape index (κ2) is 7.92. The predicted octanol–water partition coefficient (Wildman–Crippen LogP) is 2.32. The van der Waals surface area contributed by atoms with E-state index in [-0.39, 0.29) is 34.0 Å². The number of anilines is 1. The molecule has 0 unspecified atom stereocenters. The van der Waals surface area contributed by atoms with Crippen LogP contribution in [0.15, 0.2) is 35.7 Å². The highest BCUT2D eigenvalue weighted by Crippen LogP contribution is 2.31. The fourth-order valence-corrected chi connectivity index (χ4v) is 2.43. The third kappa shape index (κ3) is 4.45. The van der Waals surface area contributed by atoms with Crippen LogP contribution in [0.5, 0.6) is 11.5 Å². The first kappa shape index (κ1) is 20.0. The summed E-state index contributed by atoms with van der Waals surface area (Å²) in [5, 5.41) is 19.3. The zero-order chi connectivity index (χ0) is 20.3. The Kier molecular flexibility index (Phi) is 5.86. The van der Waals surface area contributed by atoms with Crippen molar-refractivity contribution in [3.05, 3.63) is 47.0 Å². The average Bonchev–Trinajstić information content (AvgIpc) is 2.59. The van der Waals surface area contributed by atoms with Crippen LogP contribution in [0.25, 0.3) is 11.3 Å². The smallest absolute Gasteiger partial charge is 0.259 e. The number of nitrogen functional groups attached to an aromatic ring is 1. The van der Waals surface area contributed by atoms with Crippen LogP contribution in [0.3, 0.4) is 0 Å². The van der Waals surface area contributed by atoms with Crippen LogP contribution in [0.1, 0.15) is 17.3 Å². The fraction of sp³-hybridized carbons (Fsp3) is 0.118. The van der Waals surface area contributed by atoms with Crippen LogP contribution in [-0.2, 0) is 0 Å². The molecule has 0 aliphatic heterocycles. The fourth-order valence-electron chi connectivity index (χ4n) is 2.23. The molecule has 0 atom stereocenters. The number of ether oxygens (including phenoxy) is 1. The summed E-state index contributed by atoms with van der Waals surface area (Å²) in [5.41, 5.74) is 10.8. The van der Waals surface area contributed by atoms with Gasteiger partial charge in [-0.25, -0.2) is 9.37 Å². The van der Waals surface area contributed by atoms with Gasteiger partial charge in [0.2, 0.25) is 0 Å². The normalized spacial score (nSPS) is 11.6. The molecule has 0 spiro atoms. The Bertz CT molecular complexity index is 958. The molecule has 7 N–H and O–H groups in total. The number of phenolic OH excluding ortho intramolecular Hbond substituents is 1. The summed E-state index contributed by atoms with van der Waals surface area (Å²) in [6.07, 6.45) is 0. The average molecular weight is 394 g/mol. The molecular weight excluding hydrogens is 377 g/mol. The molecule has 0 bridgehead atoms. The second-order valence-corrected chi connectivity index (χ2v) is 5.87. The minimum Gasteiger partial charge on any atom is -0.507 e. The van der Waals surface area contributed by atoms with Crippen molar-refractivity contribution >= 4 is 28.5 Å². The molecule has 0 aliphatic carbocycles. The number of aromatic nitrogens is 1. The Morgan fingerprint density at radius 1 is 1.37 bits per heavy atom.